The van der Waals surface area contributed by atoms with E-state index in [9.17, 15) is 4.79 Å². The normalized spacial score (nSPS) is 20.1. The maximum absolute atomic E-state index is 12.6. The first-order valence-electron chi connectivity index (χ1n) is 11.0. The fourth-order valence-corrected chi connectivity index (χ4v) is 5.63. The van der Waals surface area contributed by atoms with Gasteiger partial charge in [-0.05, 0) is 34.6 Å². The van der Waals surface area contributed by atoms with Crippen LogP contribution >= 0.6 is 22.9 Å². The number of halogens is 1. The predicted octanol–water partition coefficient (Wildman–Crippen LogP) is 6.74. The number of alkyl halides is 1. The van der Waals surface area contributed by atoms with Gasteiger partial charge in [0.2, 0.25) is 5.13 Å². The van der Waals surface area contributed by atoms with Crippen molar-refractivity contribution in [3.8, 4) is 0 Å². The minimum Gasteiger partial charge on any atom is -0.271 e. The van der Waals surface area contributed by atoms with E-state index < -0.39 is 0 Å². The zero-order valence-electron chi connectivity index (χ0n) is 18.3. The van der Waals surface area contributed by atoms with Crippen LogP contribution in [0.1, 0.15) is 42.5 Å². The van der Waals surface area contributed by atoms with Crippen LogP contribution in [0.2, 0.25) is 0 Å². The lowest BCUT2D eigenvalue weighted by atomic mass is 9.59. The van der Waals surface area contributed by atoms with Crippen LogP contribution in [0.25, 0.3) is 10.8 Å². The van der Waals surface area contributed by atoms with Crippen LogP contribution in [0, 0.1) is 0 Å². The zero-order valence-corrected chi connectivity index (χ0v) is 19.9. The van der Waals surface area contributed by atoms with E-state index in [2.05, 4.69) is 54.5 Å². The first-order chi connectivity index (χ1) is 16.1. The van der Waals surface area contributed by atoms with Gasteiger partial charge in [0.25, 0.3) is 5.91 Å². The number of aromatic nitrogens is 1. The Balaban J connectivity index is 1.37. The topological polar surface area (TPSA) is 45.6 Å². The van der Waals surface area contributed by atoms with E-state index in [0.29, 0.717) is 11.0 Å². The standard InChI is InChI=1S/C27H24ClN3OS/c1-27(22-11-3-2-4-12-22)14-21(15-27)24-18-33-26(30-24)31(25(32)16-28)29-17-20-10-7-9-19-8-5-6-13-23(19)20/h2-13,17-18,21H,14-16H2,1H3/b29-17+. The third-order valence-electron chi connectivity index (χ3n) is 6.46. The largest absolute Gasteiger partial charge is 0.271 e. The fraction of sp³-hybridized carbons (Fsp3) is 0.222. The number of benzene rings is 3. The maximum Gasteiger partial charge on any atom is 0.264 e. The zero-order chi connectivity index (χ0) is 22.8. The molecule has 0 radical (unpaired) electrons. The van der Waals surface area contributed by atoms with E-state index in [0.717, 1.165) is 34.9 Å². The van der Waals surface area contributed by atoms with Crippen molar-refractivity contribution < 1.29 is 4.79 Å². The average molecular weight is 474 g/mol. The number of fused-ring (bicyclic) bond motifs is 1. The summed E-state index contributed by atoms with van der Waals surface area (Å²) in [6.45, 7) is 2.31. The number of anilines is 1. The molecule has 5 rings (SSSR count). The number of thiazole rings is 1. The van der Waals surface area contributed by atoms with Crippen LogP contribution in [0.3, 0.4) is 0 Å². The van der Waals surface area contributed by atoms with Crippen molar-refractivity contribution in [2.75, 3.05) is 10.9 Å². The molecular weight excluding hydrogens is 450 g/mol. The number of hydrazone groups is 1. The van der Waals surface area contributed by atoms with Crippen molar-refractivity contribution in [2.24, 2.45) is 5.10 Å². The van der Waals surface area contributed by atoms with Gasteiger partial charge >= 0.3 is 0 Å². The molecule has 1 heterocycles. The monoisotopic (exact) mass is 473 g/mol. The van der Waals surface area contributed by atoms with Crippen LogP contribution in [0.15, 0.2) is 83.3 Å². The van der Waals surface area contributed by atoms with Gasteiger partial charge in [-0.3, -0.25) is 4.79 Å². The average Bonchev–Trinajstić information content (AvgIpc) is 3.32. The summed E-state index contributed by atoms with van der Waals surface area (Å²) in [4.78, 5) is 17.4. The molecule has 0 atom stereocenters. The Hall–Kier alpha value is -3.02. The second-order valence-corrected chi connectivity index (χ2v) is 9.84. The number of nitrogens with zero attached hydrogens (tertiary/aromatic N) is 3. The summed E-state index contributed by atoms with van der Waals surface area (Å²) in [5.41, 5.74) is 3.51. The molecule has 3 aromatic carbocycles. The molecule has 1 aliphatic carbocycles. The Morgan fingerprint density at radius 1 is 1.12 bits per heavy atom. The van der Waals surface area contributed by atoms with E-state index in [4.69, 9.17) is 16.6 Å². The van der Waals surface area contributed by atoms with Gasteiger partial charge in [-0.2, -0.15) is 10.1 Å². The highest BCUT2D eigenvalue weighted by Gasteiger charge is 2.43. The predicted molar refractivity (Wildman–Crippen MR) is 138 cm³/mol. The van der Waals surface area contributed by atoms with E-state index >= 15 is 0 Å². The molecule has 4 nitrogen and oxygen atoms in total. The molecule has 0 spiro atoms. The van der Waals surface area contributed by atoms with E-state index in [1.807, 2.05) is 35.7 Å². The lowest BCUT2D eigenvalue weighted by molar-refractivity contribution is -0.116. The number of carbonyl (C=O) groups excluding carboxylic acids is 1. The van der Waals surface area contributed by atoms with Crippen LogP contribution in [-0.2, 0) is 10.2 Å². The highest BCUT2D eigenvalue weighted by atomic mass is 35.5. The second-order valence-electron chi connectivity index (χ2n) is 8.74. The SMILES string of the molecule is CC1(c2ccccc2)CC(c2csc(N(/N=C/c3cccc4ccccc34)C(=O)CCl)n2)C1. The second kappa shape index (κ2) is 9.08. The third kappa shape index (κ3) is 4.31. The van der Waals surface area contributed by atoms with Gasteiger partial charge in [0.1, 0.15) is 5.88 Å². The Morgan fingerprint density at radius 3 is 2.64 bits per heavy atom. The van der Waals surface area contributed by atoms with Gasteiger partial charge in [-0.15, -0.1) is 22.9 Å². The van der Waals surface area contributed by atoms with E-state index in [-0.39, 0.29) is 17.2 Å². The molecule has 33 heavy (non-hydrogen) atoms. The van der Waals surface area contributed by atoms with Crippen molar-refractivity contribution >= 4 is 51.0 Å². The summed E-state index contributed by atoms with van der Waals surface area (Å²) in [7, 11) is 0. The Kier molecular flexibility index (Phi) is 6.00. The molecule has 1 aromatic heterocycles. The van der Waals surface area contributed by atoms with Crippen molar-refractivity contribution in [3.05, 3.63) is 95.0 Å². The van der Waals surface area contributed by atoms with Crippen LogP contribution in [0.4, 0.5) is 5.13 Å². The summed E-state index contributed by atoms with van der Waals surface area (Å²) in [5, 5.41) is 10.6. The van der Waals surface area contributed by atoms with Gasteiger partial charge in [0.05, 0.1) is 11.9 Å². The first kappa shape index (κ1) is 21.8. The van der Waals surface area contributed by atoms with E-state index in [1.165, 1.54) is 21.9 Å². The molecule has 1 saturated carbocycles. The lowest BCUT2D eigenvalue weighted by Crippen LogP contribution is -2.37. The molecule has 166 valence electrons. The van der Waals surface area contributed by atoms with Gasteiger partial charge < -0.3 is 0 Å². The first-order valence-corrected chi connectivity index (χ1v) is 12.4. The third-order valence-corrected chi connectivity index (χ3v) is 7.52. The maximum atomic E-state index is 12.6. The lowest BCUT2D eigenvalue weighted by Gasteiger charge is -2.45. The van der Waals surface area contributed by atoms with Crippen LogP contribution in [0.5, 0.6) is 0 Å². The molecule has 0 unspecified atom stereocenters. The van der Waals surface area contributed by atoms with Crippen molar-refractivity contribution in [1.82, 2.24) is 4.98 Å². The Morgan fingerprint density at radius 2 is 1.85 bits per heavy atom. The molecule has 0 saturated heterocycles. The van der Waals surface area contributed by atoms with E-state index in [1.54, 1.807) is 6.21 Å². The fourth-order valence-electron chi connectivity index (χ4n) is 4.63. The summed E-state index contributed by atoms with van der Waals surface area (Å²) in [6, 6.07) is 24.8. The number of amides is 1. The summed E-state index contributed by atoms with van der Waals surface area (Å²) < 4.78 is 0. The number of rotatable bonds is 6. The molecule has 1 aliphatic rings. The Labute approximate surface area is 202 Å². The molecule has 6 heteroatoms. The highest BCUT2D eigenvalue weighted by molar-refractivity contribution is 7.14. The molecule has 0 N–H and O–H groups in total. The van der Waals surface area contributed by atoms with Crippen molar-refractivity contribution in [1.29, 1.82) is 0 Å². The minimum absolute atomic E-state index is 0.155. The summed E-state index contributed by atoms with van der Waals surface area (Å²) in [5.74, 6) is -0.0657. The van der Waals surface area contributed by atoms with Gasteiger partial charge in [-0.25, -0.2) is 4.98 Å². The molecule has 0 aliphatic heterocycles. The molecular formula is C27H24ClN3OS. The highest BCUT2D eigenvalue weighted by Crippen LogP contribution is 2.52. The number of hydrogen-bond acceptors (Lipinski definition) is 4. The molecule has 1 fully saturated rings. The Bertz CT molecular complexity index is 1310. The number of hydrogen-bond donors (Lipinski definition) is 0. The van der Waals surface area contributed by atoms with Crippen LogP contribution in [-0.4, -0.2) is 23.0 Å². The number of carbonyl (C=O) groups is 1. The smallest absolute Gasteiger partial charge is 0.264 e. The minimum atomic E-state index is -0.295. The summed E-state index contributed by atoms with van der Waals surface area (Å²) >= 11 is 7.33. The van der Waals surface area contributed by atoms with Crippen molar-refractivity contribution in [2.45, 2.75) is 31.1 Å². The quantitative estimate of drug-likeness (QED) is 0.177. The molecule has 1 amide bonds. The van der Waals surface area contributed by atoms with Gasteiger partial charge in [0.15, 0.2) is 0 Å². The summed E-state index contributed by atoms with van der Waals surface area (Å²) in [6.07, 6.45) is 3.80. The van der Waals surface area contributed by atoms with Gasteiger partial charge in [-0.1, -0.05) is 79.7 Å². The van der Waals surface area contributed by atoms with Gasteiger partial charge in [0, 0.05) is 16.9 Å². The molecule has 0 bridgehead atoms. The van der Waals surface area contributed by atoms with Crippen LogP contribution < -0.4 is 5.01 Å². The van der Waals surface area contributed by atoms with Crippen molar-refractivity contribution in [3.63, 3.8) is 0 Å². The molecule has 4 aromatic rings.